The van der Waals surface area contributed by atoms with Gasteiger partial charge in [0.1, 0.15) is 0 Å². The summed E-state index contributed by atoms with van der Waals surface area (Å²) in [6.07, 6.45) is 1.76. The summed E-state index contributed by atoms with van der Waals surface area (Å²) < 4.78 is 1.56. The maximum atomic E-state index is 11.7. The molecule has 0 radical (unpaired) electrons. The van der Waals surface area contributed by atoms with Crippen LogP contribution in [0.4, 0.5) is 0 Å². The third-order valence-electron chi connectivity index (χ3n) is 2.37. The number of H-pyrrole nitrogens is 1. The number of hydrogen-bond acceptors (Lipinski definition) is 4. The van der Waals surface area contributed by atoms with Crippen LogP contribution < -0.4 is 11.0 Å². The van der Waals surface area contributed by atoms with Gasteiger partial charge in [-0.1, -0.05) is 25.6 Å². The van der Waals surface area contributed by atoms with Gasteiger partial charge in [-0.15, -0.1) is 5.10 Å². The first-order valence-corrected chi connectivity index (χ1v) is 7.07. The number of nitrogens with one attached hydrogen (secondary N) is 2. The zero-order chi connectivity index (χ0) is 13.5. The fourth-order valence-corrected chi connectivity index (χ4v) is 2.32. The van der Waals surface area contributed by atoms with E-state index in [2.05, 4.69) is 15.5 Å². The van der Waals surface area contributed by atoms with Crippen molar-refractivity contribution in [3.8, 4) is 0 Å². The van der Waals surface area contributed by atoms with Crippen molar-refractivity contribution in [2.24, 2.45) is 0 Å². The molecule has 2 N–H and O–H groups in total. The number of hydrogen-bond donors (Lipinski definition) is 2. The molecule has 0 aromatic carbocycles. The molecule has 0 fully saturated rings. The van der Waals surface area contributed by atoms with E-state index in [4.69, 9.17) is 0 Å². The molecule has 0 aliphatic heterocycles. The molecule has 1 aromatic heterocycles. The number of thioether (sulfide) groups is 1. The number of carbonyl (C=O) groups excluding carboxylic acids is 1. The van der Waals surface area contributed by atoms with Crippen LogP contribution in [0.15, 0.2) is 9.95 Å². The summed E-state index contributed by atoms with van der Waals surface area (Å²) in [6, 6.07) is 0. The number of carbonyl (C=O) groups is 1. The quantitative estimate of drug-likeness (QED) is 0.725. The van der Waals surface area contributed by atoms with Crippen molar-refractivity contribution in [3.05, 3.63) is 10.5 Å². The Morgan fingerprint density at radius 3 is 2.83 bits per heavy atom. The maximum Gasteiger partial charge on any atom is 0.343 e. The summed E-state index contributed by atoms with van der Waals surface area (Å²) in [4.78, 5) is 23.2. The van der Waals surface area contributed by atoms with E-state index in [0.29, 0.717) is 18.2 Å². The van der Waals surface area contributed by atoms with Crippen LogP contribution in [0, 0.1) is 0 Å². The summed E-state index contributed by atoms with van der Waals surface area (Å²) in [5.41, 5.74) is -0.222. The molecule has 0 aliphatic carbocycles. The summed E-state index contributed by atoms with van der Waals surface area (Å²) in [5, 5.41) is 9.49. The van der Waals surface area contributed by atoms with E-state index >= 15 is 0 Å². The Morgan fingerprint density at radius 2 is 2.22 bits per heavy atom. The first kappa shape index (κ1) is 14.8. The van der Waals surface area contributed by atoms with Crippen LogP contribution in [0.2, 0.25) is 0 Å². The first-order chi connectivity index (χ1) is 8.60. The predicted molar refractivity (Wildman–Crippen MR) is 71.8 cm³/mol. The van der Waals surface area contributed by atoms with Gasteiger partial charge in [0.2, 0.25) is 5.91 Å². The SMILES string of the molecule is CCCNC(=O)C(C)Sc1n[nH]c(=O)n1CCC. The van der Waals surface area contributed by atoms with Crippen molar-refractivity contribution in [3.63, 3.8) is 0 Å². The molecule has 1 amide bonds. The minimum absolute atomic E-state index is 0.0275. The lowest BCUT2D eigenvalue weighted by molar-refractivity contribution is -0.120. The van der Waals surface area contributed by atoms with Gasteiger partial charge >= 0.3 is 5.69 Å². The third-order valence-corrected chi connectivity index (χ3v) is 3.46. The summed E-state index contributed by atoms with van der Waals surface area (Å²) >= 11 is 1.30. The van der Waals surface area contributed by atoms with Crippen LogP contribution in [-0.4, -0.2) is 32.5 Å². The van der Waals surface area contributed by atoms with Crippen molar-refractivity contribution in [1.29, 1.82) is 0 Å². The molecule has 7 heteroatoms. The zero-order valence-corrected chi connectivity index (χ0v) is 11.8. The van der Waals surface area contributed by atoms with Gasteiger partial charge in [0.15, 0.2) is 5.16 Å². The van der Waals surface area contributed by atoms with Gasteiger partial charge in [0.25, 0.3) is 0 Å². The molecule has 0 aliphatic rings. The smallest absolute Gasteiger partial charge is 0.343 e. The van der Waals surface area contributed by atoms with Crippen molar-refractivity contribution >= 4 is 17.7 Å². The number of rotatable bonds is 7. The lowest BCUT2D eigenvalue weighted by atomic mass is 10.4. The molecular formula is C11H20N4O2S. The van der Waals surface area contributed by atoms with Crippen molar-refractivity contribution < 1.29 is 4.79 Å². The lowest BCUT2D eigenvalue weighted by Gasteiger charge is -2.11. The number of aromatic amines is 1. The van der Waals surface area contributed by atoms with Crippen LogP contribution in [0.3, 0.4) is 0 Å². The maximum absolute atomic E-state index is 11.7. The molecule has 102 valence electrons. The van der Waals surface area contributed by atoms with Crippen LogP contribution in [0.1, 0.15) is 33.6 Å². The Hall–Kier alpha value is -1.24. The lowest BCUT2D eigenvalue weighted by Crippen LogP contribution is -2.31. The highest BCUT2D eigenvalue weighted by molar-refractivity contribution is 8.00. The Balaban J connectivity index is 2.66. The van der Waals surface area contributed by atoms with Crippen LogP contribution >= 0.6 is 11.8 Å². The molecule has 0 bridgehead atoms. The molecule has 1 rings (SSSR count). The second-order valence-corrected chi connectivity index (χ2v) is 5.32. The number of aromatic nitrogens is 3. The normalized spacial score (nSPS) is 12.4. The summed E-state index contributed by atoms with van der Waals surface area (Å²) in [7, 11) is 0. The minimum Gasteiger partial charge on any atom is -0.355 e. The Bertz CT molecular complexity index is 440. The first-order valence-electron chi connectivity index (χ1n) is 6.19. The van der Waals surface area contributed by atoms with Crippen LogP contribution in [0.5, 0.6) is 0 Å². The predicted octanol–water partition coefficient (Wildman–Crippen LogP) is 0.988. The molecule has 1 unspecified atom stereocenters. The topological polar surface area (TPSA) is 79.8 Å². The van der Waals surface area contributed by atoms with Crippen LogP contribution in [0.25, 0.3) is 0 Å². The molecular weight excluding hydrogens is 252 g/mol. The van der Waals surface area contributed by atoms with Crippen molar-refractivity contribution in [2.75, 3.05) is 6.54 Å². The van der Waals surface area contributed by atoms with E-state index in [1.165, 1.54) is 11.8 Å². The van der Waals surface area contributed by atoms with Gasteiger partial charge in [-0.3, -0.25) is 9.36 Å². The largest absolute Gasteiger partial charge is 0.355 e. The standard InChI is InChI=1S/C11H20N4O2S/c1-4-6-12-9(16)8(3)18-11-14-13-10(17)15(11)7-5-2/h8H,4-7H2,1-3H3,(H,12,16)(H,13,17). The van der Waals surface area contributed by atoms with Gasteiger partial charge in [-0.25, -0.2) is 9.89 Å². The summed E-state index contributed by atoms with van der Waals surface area (Å²) in [5.74, 6) is -0.0275. The fraction of sp³-hybridized carbons (Fsp3) is 0.727. The Morgan fingerprint density at radius 1 is 1.50 bits per heavy atom. The fourth-order valence-electron chi connectivity index (χ4n) is 1.42. The highest BCUT2D eigenvalue weighted by Crippen LogP contribution is 2.19. The minimum atomic E-state index is -0.262. The monoisotopic (exact) mass is 272 g/mol. The van der Waals surface area contributed by atoms with E-state index in [0.717, 1.165) is 12.8 Å². The van der Waals surface area contributed by atoms with E-state index in [1.807, 2.05) is 20.8 Å². The molecule has 1 heterocycles. The molecule has 1 aromatic rings. The van der Waals surface area contributed by atoms with Gasteiger partial charge < -0.3 is 5.32 Å². The van der Waals surface area contributed by atoms with Gasteiger partial charge in [-0.05, 0) is 19.8 Å². The van der Waals surface area contributed by atoms with E-state index in [1.54, 1.807) is 4.57 Å². The Labute approximate surface area is 111 Å². The third kappa shape index (κ3) is 3.90. The highest BCUT2D eigenvalue weighted by Gasteiger charge is 2.18. The second kappa shape index (κ2) is 7.25. The number of amides is 1. The van der Waals surface area contributed by atoms with Gasteiger partial charge in [-0.2, -0.15) is 0 Å². The second-order valence-electron chi connectivity index (χ2n) is 4.01. The van der Waals surface area contributed by atoms with E-state index in [-0.39, 0.29) is 16.8 Å². The Kier molecular flexibility index (Phi) is 5.97. The zero-order valence-electron chi connectivity index (χ0n) is 11.0. The molecule has 0 saturated carbocycles. The van der Waals surface area contributed by atoms with E-state index < -0.39 is 0 Å². The van der Waals surface area contributed by atoms with Crippen molar-refractivity contribution in [2.45, 2.75) is 50.6 Å². The van der Waals surface area contributed by atoms with E-state index in [9.17, 15) is 9.59 Å². The average molecular weight is 272 g/mol. The molecule has 0 spiro atoms. The van der Waals surface area contributed by atoms with Crippen molar-refractivity contribution in [1.82, 2.24) is 20.1 Å². The number of nitrogens with zero attached hydrogens (tertiary/aromatic N) is 2. The van der Waals surface area contributed by atoms with Gasteiger partial charge in [0.05, 0.1) is 5.25 Å². The molecule has 6 nitrogen and oxygen atoms in total. The highest BCUT2D eigenvalue weighted by atomic mass is 32.2. The molecule has 18 heavy (non-hydrogen) atoms. The van der Waals surface area contributed by atoms with Crippen LogP contribution in [-0.2, 0) is 11.3 Å². The average Bonchev–Trinajstić information content (AvgIpc) is 2.69. The molecule has 1 atom stereocenters. The van der Waals surface area contributed by atoms with Gasteiger partial charge in [0, 0.05) is 13.1 Å². The molecule has 0 saturated heterocycles. The summed E-state index contributed by atoms with van der Waals surface area (Å²) in [6.45, 7) is 7.09.